The number of allylic oxidation sites excluding steroid dienone is 3. The van der Waals surface area contributed by atoms with E-state index < -0.39 is 7.32 Å². The maximum Gasteiger partial charge on any atom is 0.633 e. The molecule has 0 atom stereocenters. The van der Waals surface area contributed by atoms with Gasteiger partial charge in [0.05, 0.1) is 0 Å². The van der Waals surface area contributed by atoms with E-state index >= 15 is 0 Å². The Labute approximate surface area is 191 Å². The van der Waals surface area contributed by atoms with Crippen LogP contribution in [-0.2, 0) is 4.65 Å². The van der Waals surface area contributed by atoms with E-state index in [1.807, 2.05) is 54.6 Å². The van der Waals surface area contributed by atoms with Gasteiger partial charge in [-0.3, -0.25) is 0 Å². The van der Waals surface area contributed by atoms with Gasteiger partial charge in [0.1, 0.15) is 0 Å². The van der Waals surface area contributed by atoms with Crippen molar-refractivity contribution in [3.8, 4) is 0 Å². The average Bonchev–Trinajstić information content (AvgIpc) is 2.84. The first-order valence-electron chi connectivity index (χ1n) is 10.9. The molecule has 2 N–H and O–H groups in total. The molecule has 162 valence electrons. The van der Waals surface area contributed by atoms with Crippen LogP contribution in [0.5, 0.6) is 0 Å². The van der Waals surface area contributed by atoms with Crippen LogP contribution in [0.2, 0.25) is 0 Å². The van der Waals surface area contributed by atoms with E-state index in [1.165, 1.54) is 0 Å². The Bertz CT molecular complexity index is 876. The topological polar surface area (TPSA) is 49.7 Å². The highest BCUT2D eigenvalue weighted by atomic mass is 16.6. The van der Waals surface area contributed by atoms with Crippen molar-refractivity contribution < 1.29 is 14.7 Å². The molecule has 0 saturated carbocycles. The molecule has 0 aromatic heterocycles. The summed E-state index contributed by atoms with van der Waals surface area (Å²) in [6, 6.07) is 30.6. The van der Waals surface area contributed by atoms with Crippen molar-refractivity contribution in [2.24, 2.45) is 5.41 Å². The first kappa shape index (κ1) is 23.5. The summed E-state index contributed by atoms with van der Waals surface area (Å²) in [7, 11) is -1.75. The third kappa shape index (κ3) is 8.16. The minimum Gasteiger partial charge on any atom is -0.402 e. The molecule has 0 bridgehead atoms. The van der Waals surface area contributed by atoms with Crippen molar-refractivity contribution in [3.63, 3.8) is 0 Å². The van der Waals surface area contributed by atoms with Gasteiger partial charge in [-0.05, 0) is 29.5 Å². The highest BCUT2D eigenvalue weighted by Crippen LogP contribution is 2.33. The largest absolute Gasteiger partial charge is 0.633 e. The predicted molar refractivity (Wildman–Crippen MR) is 134 cm³/mol. The summed E-state index contributed by atoms with van der Waals surface area (Å²) in [5.74, 6) is 0. The highest BCUT2D eigenvalue weighted by molar-refractivity contribution is 6.32. The van der Waals surface area contributed by atoms with Crippen LogP contribution in [0.15, 0.2) is 109 Å². The number of benzene rings is 3. The van der Waals surface area contributed by atoms with E-state index in [2.05, 4.69) is 72.9 Å². The van der Waals surface area contributed by atoms with Crippen molar-refractivity contribution in [2.75, 3.05) is 6.61 Å². The van der Waals surface area contributed by atoms with Crippen LogP contribution in [0.1, 0.15) is 29.5 Å². The van der Waals surface area contributed by atoms with Gasteiger partial charge in [-0.25, -0.2) is 0 Å². The van der Waals surface area contributed by atoms with E-state index in [0.29, 0.717) is 6.42 Å². The van der Waals surface area contributed by atoms with Gasteiger partial charge in [0, 0.05) is 12.0 Å². The Kier molecular flexibility index (Phi) is 9.27. The summed E-state index contributed by atoms with van der Waals surface area (Å²) in [6.07, 6.45) is 14.4. The molecule has 3 aromatic rings. The zero-order valence-electron chi connectivity index (χ0n) is 18.1. The molecule has 3 aromatic carbocycles. The monoisotopic (exact) mass is 424 g/mol. The van der Waals surface area contributed by atoms with Gasteiger partial charge >= 0.3 is 7.32 Å². The summed E-state index contributed by atoms with van der Waals surface area (Å²) in [4.78, 5) is 0. The van der Waals surface area contributed by atoms with Crippen LogP contribution >= 0.6 is 0 Å². The lowest BCUT2D eigenvalue weighted by molar-refractivity contribution is 0.179. The normalized spacial score (nSPS) is 13.7. The fourth-order valence-corrected chi connectivity index (χ4v) is 3.43. The van der Waals surface area contributed by atoms with Crippen molar-refractivity contribution in [1.29, 1.82) is 0 Å². The lowest BCUT2D eigenvalue weighted by atomic mass is 9.80. The molecule has 0 saturated heterocycles. The molecule has 0 amide bonds. The molecule has 0 aliphatic carbocycles. The molecule has 3 nitrogen and oxygen atoms in total. The Morgan fingerprint density at radius 3 is 1.34 bits per heavy atom. The molecule has 3 rings (SSSR count). The molecule has 0 spiro atoms. The summed E-state index contributed by atoms with van der Waals surface area (Å²) < 4.78 is 4.96. The smallest absolute Gasteiger partial charge is 0.402 e. The standard InChI is InChI=1S/C28H29BO3/c30-29(31)32-24-10-20-28(21-17-25-11-4-1-5-12-25,22-18-26-13-6-2-7-14-26)23-19-27-15-8-3-9-16-27/h1-9,11-19,21-23,30-31H,10,20,24H2. The van der Waals surface area contributed by atoms with E-state index in [-0.39, 0.29) is 12.0 Å². The fourth-order valence-electron chi connectivity index (χ4n) is 3.43. The Balaban J connectivity index is 1.94. The lowest BCUT2D eigenvalue weighted by Crippen LogP contribution is -2.19. The lowest BCUT2D eigenvalue weighted by Gasteiger charge is -2.24. The minimum atomic E-state index is -1.75. The van der Waals surface area contributed by atoms with Gasteiger partial charge in [0.25, 0.3) is 0 Å². The zero-order chi connectivity index (χ0) is 22.5. The van der Waals surface area contributed by atoms with Gasteiger partial charge < -0.3 is 14.7 Å². The maximum absolute atomic E-state index is 9.03. The first-order valence-corrected chi connectivity index (χ1v) is 10.9. The number of rotatable bonds is 11. The molecule has 32 heavy (non-hydrogen) atoms. The van der Waals surface area contributed by atoms with Gasteiger partial charge in [-0.1, -0.05) is 127 Å². The molecule has 0 fully saturated rings. The molecule has 0 unspecified atom stereocenters. The molecular formula is C28H29BO3. The Hall–Kier alpha value is -3.18. The summed E-state index contributed by atoms with van der Waals surface area (Å²) in [6.45, 7) is 0.261. The maximum atomic E-state index is 9.03. The summed E-state index contributed by atoms with van der Waals surface area (Å²) in [5.41, 5.74) is 2.99. The quantitative estimate of drug-likeness (QED) is 0.299. The fraction of sp³-hybridized carbons (Fsp3) is 0.143. The van der Waals surface area contributed by atoms with Crippen molar-refractivity contribution >= 4 is 25.5 Å². The van der Waals surface area contributed by atoms with Crippen LogP contribution < -0.4 is 0 Å². The van der Waals surface area contributed by atoms with E-state index in [1.54, 1.807) is 0 Å². The molecule has 0 radical (unpaired) electrons. The van der Waals surface area contributed by atoms with Gasteiger partial charge in [0.15, 0.2) is 0 Å². The Morgan fingerprint density at radius 2 is 1.00 bits per heavy atom. The molecule has 0 aliphatic rings. The van der Waals surface area contributed by atoms with Crippen LogP contribution in [0.25, 0.3) is 18.2 Å². The van der Waals surface area contributed by atoms with E-state index in [4.69, 9.17) is 14.7 Å². The summed E-state index contributed by atoms with van der Waals surface area (Å²) >= 11 is 0. The second-order valence-corrected chi connectivity index (χ2v) is 7.65. The molecule has 4 heteroatoms. The second kappa shape index (κ2) is 12.6. The predicted octanol–water partition coefficient (Wildman–Crippen LogP) is 5.88. The molecular weight excluding hydrogens is 395 g/mol. The van der Waals surface area contributed by atoms with Crippen molar-refractivity contribution in [2.45, 2.75) is 12.8 Å². The second-order valence-electron chi connectivity index (χ2n) is 7.65. The van der Waals surface area contributed by atoms with E-state index in [0.717, 1.165) is 23.1 Å². The molecule has 0 heterocycles. The van der Waals surface area contributed by atoms with Gasteiger partial charge in [0.2, 0.25) is 0 Å². The highest BCUT2D eigenvalue weighted by Gasteiger charge is 2.21. The Morgan fingerprint density at radius 1 is 0.625 bits per heavy atom. The first-order chi connectivity index (χ1) is 15.7. The zero-order valence-corrected chi connectivity index (χ0v) is 18.1. The summed E-state index contributed by atoms with van der Waals surface area (Å²) in [5, 5.41) is 18.1. The van der Waals surface area contributed by atoms with Crippen LogP contribution in [0.4, 0.5) is 0 Å². The minimum absolute atomic E-state index is 0.261. The van der Waals surface area contributed by atoms with Crippen LogP contribution in [-0.4, -0.2) is 24.0 Å². The van der Waals surface area contributed by atoms with E-state index in [9.17, 15) is 0 Å². The SMILES string of the molecule is OB(O)OCCCC(C=Cc1ccccc1)(C=Cc1ccccc1)C=Cc1ccccc1. The van der Waals surface area contributed by atoms with Gasteiger partial charge in [-0.15, -0.1) is 0 Å². The third-order valence-corrected chi connectivity index (χ3v) is 5.18. The molecule has 0 aliphatic heterocycles. The van der Waals surface area contributed by atoms with Crippen molar-refractivity contribution in [3.05, 3.63) is 126 Å². The van der Waals surface area contributed by atoms with Crippen LogP contribution in [0, 0.1) is 5.41 Å². The number of hydrogen-bond acceptors (Lipinski definition) is 3. The van der Waals surface area contributed by atoms with Crippen molar-refractivity contribution in [1.82, 2.24) is 0 Å². The van der Waals surface area contributed by atoms with Gasteiger partial charge in [-0.2, -0.15) is 0 Å². The van der Waals surface area contributed by atoms with Crippen LogP contribution in [0.3, 0.4) is 0 Å². The third-order valence-electron chi connectivity index (χ3n) is 5.18. The average molecular weight is 424 g/mol. The number of hydrogen-bond donors (Lipinski definition) is 2.